The van der Waals surface area contributed by atoms with Crippen LogP contribution in [0.3, 0.4) is 0 Å². The van der Waals surface area contributed by atoms with Gasteiger partial charge in [-0.2, -0.15) is 4.98 Å². The standard InChI is InChI=1S/C20H14BrClN4O3S/c1-2-5-30-20-24-19-17(25-26-20)12-6-10(21)3-4-14(12)23-18(29-19)11-7-15-16(8-13(11)22)28-9-27-15/h2-4,6-8,18,23H,1,5,9H2/t18-/m1/s1. The van der Waals surface area contributed by atoms with Gasteiger partial charge in [0, 0.05) is 33.1 Å². The van der Waals surface area contributed by atoms with E-state index in [9.17, 15) is 0 Å². The van der Waals surface area contributed by atoms with Crippen LogP contribution in [0.15, 0.2) is 52.6 Å². The number of hydrogen-bond acceptors (Lipinski definition) is 8. The summed E-state index contributed by atoms with van der Waals surface area (Å²) >= 11 is 11.5. The number of halogens is 2. The van der Waals surface area contributed by atoms with Crippen molar-refractivity contribution in [2.45, 2.75) is 11.4 Å². The van der Waals surface area contributed by atoms with Gasteiger partial charge in [-0.25, -0.2) is 0 Å². The predicted molar refractivity (Wildman–Crippen MR) is 118 cm³/mol. The molecule has 3 heterocycles. The molecule has 152 valence electrons. The van der Waals surface area contributed by atoms with Crippen LogP contribution in [-0.2, 0) is 0 Å². The van der Waals surface area contributed by atoms with E-state index in [0.29, 0.717) is 44.6 Å². The van der Waals surface area contributed by atoms with Crippen molar-refractivity contribution in [1.29, 1.82) is 0 Å². The maximum absolute atomic E-state index is 6.55. The van der Waals surface area contributed by atoms with Crippen molar-refractivity contribution in [3.05, 3.63) is 58.0 Å². The second-order valence-corrected chi connectivity index (χ2v) is 8.72. The fraction of sp³-hybridized carbons (Fsp3) is 0.150. The molecule has 0 radical (unpaired) electrons. The number of nitrogens with one attached hydrogen (secondary N) is 1. The molecule has 0 fully saturated rings. The SMILES string of the molecule is C=CCSc1nnc2c(n1)O[C@H](c1cc3c(cc1Cl)OCO3)Nc1ccc(Br)cc1-2. The Morgan fingerprint density at radius 3 is 2.90 bits per heavy atom. The highest BCUT2D eigenvalue weighted by Crippen LogP contribution is 2.44. The van der Waals surface area contributed by atoms with Crippen LogP contribution < -0.4 is 19.5 Å². The zero-order valence-corrected chi connectivity index (χ0v) is 18.6. The molecular weight excluding hydrogens is 492 g/mol. The van der Waals surface area contributed by atoms with E-state index in [-0.39, 0.29) is 6.79 Å². The number of aromatic nitrogens is 3. The number of benzene rings is 2. The third kappa shape index (κ3) is 3.57. The number of fused-ring (bicyclic) bond motifs is 4. The van der Waals surface area contributed by atoms with Crippen LogP contribution in [0.25, 0.3) is 11.3 Å². The predicted octanol–water partition coefficient (Wildman–Crippen LogP) is 5.46. The van der Waals surface area contributed by atoms with Crippen molar-refractivity contribution in [1.82, 2.24) is 15.2 Å². The van der Waals surface area contributed by atoms with Gasteiger partial charge in [0.1, 0.15) is 0 Å². The molecule has 30 heavy (non-hydrogen) atoms. The quantitative estimate of drug-likeness (QED) is 0.370. The van der Waals surface area contributed by atoms with E-state index in [0.717, 1.165) is 15.7 Å². The Kier molecular flexibility index (Phi) is 5.18. The largest absolute Gasteiger partial charge is 0.454 e. The van der Waals surface area contributed by atoms with Crippen LogP contribution in [0, 0.1) is 0 Å². The molecule has 7 nitrogen and oxygen atoms in total. The molecule has 2 aliphatic rings. The van der Waals surface area contributed by atoms with Gasteiger partial charge in [0.2, 0.25) is 17.8 Å². The Bertz CT molecular complexity index is 1160. The van der Waals surface area contributed by atoms with Crippen molar-refractivity contribution in [3.63, 3.8) is 0 Å². The Hall–Kier alpha value is -2.49. The van der Waals surface area contributed by atoms with Crippen LogP contribution in [0.1, 0.15) is 11.8 Å². The van der Waals surface area contributed by atoms with E-state index >= 15 is 0 Å². The molecule has 3 aromatic rings. The molecule has 0 saturated heterocycles. The molecule has 0 unspecified atom stereocenters. The van der Waals surface area contributed by atoms with Crippen molar-refractivity contribution < 1.29 is 14.2 Å². The lowest BCUT2D eigenvalue weighted by Gasteiger charge is -2.20. The van der Waals surface area contributed by atoms with E-state index in [1.807, 2.05) is 24.3 Å². The number of thioether (sulfide) groups is 1. The average Bonchev–Trinajstić information content (AvgIpc) is 3.13. The van der Waals surface area contributed by atoms with Gasteiger partial charge in [-0.1, -0.05) is 45.4 Å². The molecule has 0 bridgehead atoms. The number of rotatable bonds is 4. The molecule has 5 rings (SSSR count). The molecule has 2 aliphatic heterocycles. The van der Waals surface area contributed by atoms with Crippen LogP contribution in [-0.4, -0.2) is 27.7 Å². The highest BCUT2D eigenvalue weighted by atomic mass is 79.9. The first kappa shape index (κ1) is 19.5. The Labute approximate surface area is 189 Å². The summed E-state index contributed by atoms with van der Waals surface area (Å²) in [6.45, 7) is 3.89. The number of ether oxygens (including phenoxy) is 3. The molecule has 1 N–H and O–H groups in total. The summed E-state index contributed by atoms with van der Waals surface area (Å²) in [5, 5.41) is 13.0. The van der Waals surface area contributed by atoms with Gasteiger partial charge in [-0.15, -0.1) is 16.8 Å². The smallest absolute Gasteiger partial charge is 0.247 e. The molecule has 2 aromatic carbocycles. The van der Waals surface area contributed by atoms with Crippen LogP contribution in [0.2, 0.25) is 5.02 Å². The Morgan fingerprint density at radius 2 is 2.07 bits per heavy atom. The lowest BCUT2D eigenvalue weighted by molar-refractivity contribution is 0.173. The van der Waals surface area contributed by atoms with Crippen molar-refractivity contribution in [2.24, 2.45) is 0 Å². The maximum Gasteiger partial charge on any atom is 0.247 e. The van der Waals surface area contributed by atoms with Crippen LogP contribution in [0.4, 0.5) is 5.69 Å². The number of anilines is 1. The lowest BCUT2D eigenvalue weighted by Crippen LogP contribution is -2.17. The minimum absolute atomic E-state index is 0.162. The monoisotopic (exact) mass is 504 g/mol. The first-order chi connectivity index (χ1) is 14.6. The summed E-state index contributed by atoms with van der Waals surface area (Å²) in [6, 6.07) is 9.36. The zero-order valence-electron chi connectivity index (χ0n) is 15.4. The van der Waals surface area contributed by atoms with Crippen LogP contribution in [0.5, 0.6) is 17.4 Å². The third-order valence-electron chi connectivity index (χ3n) is 4.49. The van der Waals surface area contributed by atoms with E-state index in [4.69, 9.17) is 25.8 Å². The molecule has 0 amide bonds. The summed E-state index contributed by atoms with van der Waals surface area (Å²) in [7, 11) is 0. The molecule has 1 aromatic heterocycles. The molecule has 1 atom stereocenters. The highest BCUT2D eigenvalue weighted by molar-refractivity contribution is 9.10. The van der Waals surface area contributed by atoms with E-state index < -0.39 is 6.23 Å². The summed E-state index contributed by atoms with van der Waals surface area (Å²) in [5.74, 6) is 2.25. The topological polar surface area (TPSA) is 78.4 Å². The summed E-state index contributed by atoms with van der Waals surface area (Å²) in [5.41, 5.74) is 2.87. The highest BCUT2D eigenvalue weighted by Gasteiger charge is 2.29. The average molecular weight is 506 g/mol. The van der Waals surface area contributed by atoms with Gasteiger partial charge in [-0.3, -0.25) is 0 Å². The third-order valence-corrected chi connectivity index (χ3v) is 6.15. The Morgan fingerprint density at radius 1 is 1.23 bits per heavy atom. The normalized spacial score (nSPS) is 16.0. The van der Waals surface area contributed by atoms with E-state index in [1.54, 1.807) is 12.1 Å². The van der Waals surface area contributed by atoms with Gasteiger partial charge in [0.05, 0.1) is 5.02 Å². The van der Waals surface area contributed by atoms with Gasteiger partial charge in [0.15, 0.2) is 23.4 Å². The molecule has 0 saturated carbocycles. The number of hydrogen-bond donors (Lipinski definition) is 1. The lowest BCUT2D eigenvalue weighted by atomic mass is 10.1. The first-order valence-corrected chi connectivity index (χ1v) is 11.1. The maximum atomic E-state index is 6.55. The fourth-order valence-corrected chi connectivity index (χ4v) is 4.27. The van der Waals surface area contributed by atoms with Gasteiger partial charge >= 0.3 is 0 Å². The molecule has 10 heteroatoms. The summed E-state index contributed by atoms with van der Waals surface area (Å²) in [6.07, 6.45) is 1.16. The zero-order chi connectivity index (χ0) is 20.7. The minimum atomic E-state index is -0.623. The Balaban J connectivity index is 1.62. The molecule has 0 spiro atoms. The first-order valence-electron chi connectivity index (χ1n) is 8.93. The van der Waals surface area contributed by atoms with E-state index in [2.05, 4.69) is 43.0 Å². The second-order valence-electron chi connectivity index (χ2n) is 6.41. The molecular formula is C20H14BrClN4O3S. The van der Waals surface area contributed by atoms with Crippen molar-refractivity contribution in [3.8, 4) is 28.6 Å². The number of nitrogens with zero attached hydrogens (tertiary/aromatic N) is 3. The van der Waals surface area contributed by atoms with Gasteiger partial charge in [-0.05, 0) is 24.3 Å². The summed E-state index contributed by atoms with van der Waals surface area (Å²) in [4.78, 5) is 4.58. The van der Waals surface area contributed by atoms with E-state index in [1.165, 1.54) is 11.8 Å². The fourth-order valence-electron chi connectivity index (χ4n) is 3.14. The molecule has 0 aliphatic carbocycles. The van der Waals surface area contributed by atoms with Gasteiger partial charge in [0.25, 0.3) is 0 Å². The summed E-state index contributed by atoms with van der Waals surface area (Å²) < 4.78 is 18.1. The van der Waals surface area contributed by atoms with Crippen molar-refractivity contribution in [2.75, 3.05) is 17.9 Å². The van der Waals surface area contributed by atoms with Crippen molar-refractivity contribution >= 4 is 45.0 Å². The minimum Gasteiger partial charge on any atom is -0.454 e. The van der Waals surface area contributed by atoms with Gasteiger partial charge < -0.3 is 19.5 Å². The second kappa shape index (κ2) is 7.98. The van der Waals surface area contributed by atoms with Crippen LogP contribution >= 0.6 is 39.3 Å².